The first-order valence-corrected chi connectivity index (χ1v) is 9.26. The molecule has 0 aliphatic rings. The molecular formula is C16H20BrN3O2S. The average molecular weight is 398 g/mol. The third-order valence-corrected chi connectivity index (χ3v) is 4.59. The minimum Gasteiger partial charge on any atom is -0.483 e. The Morgan fingerprint density at radius 3 is 2.74 bits per heavy atom. The number of hydrogen-bond donors (Lipinski definition) is 1. The van der Waals surface area contributed by atoms with Gasteiger partial charge >= 0.3 is 0 Å². The maximum Gasteiger partial charge on any atom is 0.264 e. The van der Waals surface area contributed by atoms with Gasteiger partial charge in [0.05, 0.1) is 4.47 Å². The number of nitrogens with zero attached hydrogens (tertiary/aromatic N) is 2. The molecule has 1 amide bonds. The van der Waals surface area contributed by atoms with E-state index in [2.05, 4.69) is 45.3 Å². The zero-order valence-corrected chi connectivity index (χ0v) is 15.7. The Kier molecular flexibility index (Phi) is 6.98. The molecule has 0 radical (unpaired) electrons. The van der Waals surface area contributed by atoms with E-state index in [4.69, 9.17) is 4.74 Å². The van der Waals surface area contributed by atoms with Gasteiger partial charge in [0.15, 0.2) is 6.61 Å². The first-order valence-electron chi connectivity index (χ1n) is 7.65. The fraction of sp³-hybridized carbons (Fsp3) is 0.438. The Hall–Kier alpha value is -1.47. The van der Waals surface area contributed by atoms with Crippen molar-refractivity contribution in [1.82, 2.24) is 10.2 Å². The number of benzene rings is 1. The summed E-state index contributed by atoms with van der Waals surface area (Å²) in [5.74, 6) is 0.415. The van der Waals surface area contributed by atoms with Gasteiger partial charge < -0.3 is 4.74 Å². The van der Waals surface area contributed by atoms with Crippen LogP contribution in [0.25, 0.3) is 0 Å². The van der Waals surface area contributed by atoms with E-state index in [1.807, 2.05) is 18.2 Å². The molecule has 5 nitrogen and oxygen atoms in total. The summed E-state index contributed by atoms with van der Waals surface area (Å²) in [6.45, 7) is 4.16. The molecule has 0 aliphatic carbocycles. The second-order valence-corrected chi connectivity index (χ2v) is 7.02. The fourth-order valence-electron chi connectivity index (χ4n) is 2.02. The van der Waals surface area contributed by atoms with Crippen LogP contribution < -0.4 is 10.1 Å². The lowest BCUT2D eigenvalue weighted by molar-refractivity contribution is -0.118. The summed E-state index contributed by atoms with van der Waals surface area (Å²) < 4.78 is 6.41. The van der Waals surface area contributed by atoms with Crippen LogP contribution in [0, 0.1) is 0 Å². The smallest absolute Gasteiger partial charge is 0.264 e. The summed E-state index contributed by atoms with van der Waals surface area (Å²) in [4.78, 5) is 11.9. The van der Waals surface area contributed by atoms with Crippen molar-refractivity contribution in [1.29, 1.82) is 0 Å². The third-order valence-electron chi connectivity index (χ3n) is 3.07. The third kappa shape index (κ3) is 5.58. The molecule has 2 aromatic rings. The number of halogens is 1. The van der Waals surface area contributed by atoms with E-state index in [1.165, 1.54) is 16.9 Å². The van der Waals surface area contributed by atoms with Crippen LogP contribution in [0.1, 0.15) is 37.3 Å². The van der Waals surface area contributed by atoms with Crippen LogP contribution in [0.5, 0.6) is 5.75 Å². The minimum atomic E-state index is -0.242. The average Bonchev–Trinajstić information content (AvgIpc) is 2.94. The molecule has 0 saturated heterocycles. The molecule has 124 valence electrons. The van der Waals surface area contributed by atoms with Gasteiger partial charge in [-0.3, -0.25) is 10.1 Å². The number of hydrogen-bond acceptors (Lipinski definition) is 5. The van der Waals surface area contributed by atoms with Crippen LogP contribution >= 0.6 is 27.3 Å². The van der Waals surface area contributed by atoms with E-state index >= 15 is 0 Å². The predicted molar refractivity (Wildman–Crippen MR) is 96.2 cm³/mol. The predicted octanol–water partition coefficient (Wildman–Crippen LogP) is 4.22. The number of rotatable bonds is 8. The van der Waals surface area contributed by atoms with E-state index in [0.717, 1.165) is 35.2 Å². The van der Waals surface area contributed by atoms with Crippen molar-refractivity contribution in [2.75, 3.05) is 11.9 Å². The fourth-order valence-corrected chi connectivity index (χ4v) is 3.42. The molecular weight excluding hydrogens is 378 g/mol. The molecule has 1 aromatic carbocycles. The maximum absolute atomic E-state index is 11.9. The van der Waals surface area contributed by atoms with E-state index in [1.54, 1.807) is 0 Å². The molecule has 1 aromatic heterocycles. The van der Waals surface area contributed by atoms with Gasteiger partial charge in [-0.2, -0.15) is 0 Å². The minimum absolute atomic E-state index is 0.0611. The zero-order valence-electron chi connectivity index (χ0n) is 13.3. The Balaban J connectivity index is 1.86. The van der Waals surface area contributed by atoms with Gasteiger partial charge in [-0.1, -0.05) is 37.7 Å². The van der Waals surface area contributed by atoms with Gasteiger partial charge in [0.2, 0.25) is 5.13 Å². The van der Waals surface area contributed by atoms with Gasteiger partial charge in [-0.15, -0.1) is 10.2 Å². The summed E-state index contributed by atoms with van der Waals surface area (Å²) >= 11 is 4.88. The maximum atomic E-state index is 11.9. The Labute approximate surface area is 148 Å². The van der Waals surface area contributed by atoms with Crippen LogP contribution in [-0.4, -0.2) is 22.7 Å². The summed E-state index contributed by atoms with van der Waals surface area (Å²) in [6, 6.07) is 5.93. The SMILES string of the molecule is CCCc1ccc(OCC(=O)Nc2nnc(CCC)s2)c(Br)c1. The van der Waals surface area contributed by atoms with E-state index in [9.17, 15) is 4.79 Å². The molecule has 23 heavy (non-hydrogen) atoms. The Bertz CT molecular complexity index is 661. The summed E-state index contributed by atoms with van der Waals surface area (Å²) in [6.07, 6.45) is 4.00. The molecule has 1 heterocycles. The highest BCUT2D eigenvalue weighted by Crippen LogP contribution is 2.26. The molecule has 0 bridgehead atoms. The van der Waals surface area contributed by atoms with Crippen molar-refractivity contribution in [3.63, 3.8) is 0 Å². The molecule has 2 rings (SSSR count). The van der Waals surface area contributed by atoms with Crippen LogP contribution in [0.3, 0.4) is 0 Å². The van der Waals surface area contributed by atoms with Gasteiger partial charge in [-0.25, -0.2) is 0 Å². The van der Waals surface area contributed by atoms with Gasteiger partial charge in [0.1, 0.15) is 10.8 Å². The largest absolute Gasteiger partial charge is 0.483 e. The van der Waals surface area contributed by atoms with Crippen molar-refractivity contribution < 1.29 is 9.53 Å². The molecule has 0 atom stereocenters. The van der Waals surface area contributed by atoms with E-state index in [-0.39, 0.29) is 12.5 Å². The number of ether oxygens (including phenoxy) is 1. The number of aromatic nitrogens is 2. The molecule has 0 aliphatic heterocycles. The molecule has 7 heteroatoms. The van der Waals surface area contributed by atoms with Crippen molar-refractivity contribution in [2.24, 2.45) is 0 Å². The molecule has 1 N–H and O–H groups in total. The lowest BCUT2D eigenvalue weighted by atomic mass is 10.1. The van der Waals surface area contributed by atoms with Gasteiger partial charge in [0.25, 0.3) is 5.91 Å². The standard InChI is InChI=1S/C16H20BrN3O2S/c1-3-5-11-7-8-13(12(17)9-11)22-10-14(21)18-16-20-19-15(23-16)6-4-2/h7-9H,3-6,10H2,1-2H3,(H,18,20,21). The van der Waals surface area contributed by atoms with Crippen LogP contribution in [0.2, 0.25) is 0 Å². The second-order valence-electron chi connectivity index (χ2n) is 5.10. The number of amides is 1. The quantitative estimate of drug-likeness (QED) is 0.723. The van der Waals surface area contributed by atoms with Crippen molar-refractivity contribution in [2.45, 2.75) is 39.5 Å². The number of anilines is 1. The molecule has 0 saturated carbocycles. The Morgan fingerprint density at radius 1 is 1.26 bits per heavy atom. The monoisotopic (exact) mass is 397 g/mol. The lowest BCUT2D eigenvalue weighted by Gasteiger charge is -2.09. The van der Waals surface area contributed by atoms with Gasteiger partial charge in [-0.05, 0) is 46.5 Å². The number of carbonyl (C=O) groups excluding carboxylic acids is 1. The number of aryl methyl sites for hydroxylation is 2. The highest BCUT2D eigenvalue weighted by Gasteiger charge is 2.10. The topological polar surface area (TPSA) is 64.1 Å². The first kappa shape index (κ1) is 17.9. The van der Waals surface area contributed by atoms with Crippen molar-refractivity contribution in [3.8, 4) is 5.75 Å². The highest BCUT2D eigenvalue weighted by molar-refractivity contribution is 9.10. The summed E-state index contributed by atoms with van der Waals surface area (Å²) in [5.41, 5.74) is 1.24. The number of nitrogens with one attached hydrogen (secondary N) is 1. The molecule has 0 spiro atoms. The van der Waals surface area contributed by atoms with E-state index < -0.39 is 0 Å². The van der Waals surface area contributed by atoms with Crippen LogP contribution in [0.4, 0.5) is 5.13 Å². The number of carbonyl (C=O) groups is 1. The van der Waals surface area contributed by atoms with Crippen LogP contribution in [-0.2, 0) is 17.6 Å². The first-order chi connectivity index (χ1) is 11.1. The highest BCUT2D eigenvalue weighted by atomic mass is 79.9. The normalized spacial score (nSPS) is 10.6. The Morgan fingerprint density at radius 2 is 2.04 bits per heavy atom. The van der Waals surface area contributed by atoms with Crippen LogP contribution in [0.15, 0.2) is 22.7 Å². The van der Waals surface area contributed by atoms with Crippen molar-refractivity contribution >= 4 is 38.3 Å². The van der Waals surface area contributed by atoms with E-state index in [0.29, 0.717) is 10.9 Å². The van der Waals surface area contributed by atoms with Crippen molar-refractivity contribution in [3.05, 3.63) is 33.2 Å². The summed E-state index contributed by atoms with van der Waals surface area (Å²) in [7, 11) is 0. The summed E-state index contributed by atoms with van der Waals surface area (Å²) in [5, 5.41) is 12.1. The second kappa shape index (κ2) is 8.98. The van der Waals surface area contributed by atoms with Gasteiger partial charge in [0, 0.05) is 6.42 Å². The lowest BCUT2D eigenvalue weighted by Crippen LogP contribution is -2.20. The molecule has 0 unspecified atom stereocenters. The molecule has 0 fully saturated rings. The zero-order chi connectivity index (χ0) is 16.7.